The van der Waals surface area contributed by atoms with E-state index in [9.17, 15) is 0 Å². The Labute approximate surface area is 93.8 Å². The van der Waals surface area contributed by atoms with Crippen molar-refractivity contribution in [3.8, 4) is 0 Å². The molecule has 0 unspecified atom stereocenters. The van der Waals surface area contributed by atoms with Gasteiger partial charge in [-0.05, 0) is 0 Å². The van der Waals surface area contributed by atoms with Crippen LogP contribution in [0.4, 0.5) is 0 Å². The van der Waals surface area contributed by atoms with E-state index in [4.69, 9.17) is 0 Å². The van der Waals surface area contributed by atoms with Crippen LogP contribution in [0.3, 0.4) is 0 Å². The van der Waals surface area contributed by atoms with E-state index in [-0.39, 0.29) is 93.9 Å². The fraction of sp³-hybridized carbons (Fsp3) is 0. The van der Waals surface area contributed by atoms with Gasteiger partial charge in [-0.2, -0.15) is 0 Å². The second-order valence-corrected chi connectivity index (χ2v) is 0. The number of rotatable bonds is 0. The number of hydrogen-bond acceptors (Lipinski definition) is 6. The minimum Gasteiger partial charge on any atom is -1.00 e. The summed E-state index contributed by atoms with van der Waals surface area (Å²) in [5.74, 6) is 0. The van der Waals surface area contributed by atoms with Gasteiger partial charge in [0.25, 0.3) is 0 Å². The summed E-state index contributed by atoms with van der Waals surface area (Å²) in [6.07, 6.45) is 0. The normalized spacial score (nSPS) is 0. The topological polar surface area (TPSA) is 210 Å². The summed E-state index contributed by atoms with van der Waals surface area (Å²) in [4.78, 5) is 0. The smallest absolute Gasteiger partial charge is 1.00 e. The minimum atomic E-state index is 0. The monoisotopic (exact) mass is 399 g/mol. The average molecular weight is 399 g/mol. The van der Waals surface area contributed by atoms with E-state index < -0.39 is 0 Å². The molecule has 0 saturated carbocycles. The molecule has 0 aromatic rings. The van der Waals surface area contributed by atoms with Crippen molar-refractivity contribution in [3.05, 3.63) is 0 Å². The van der Waals surface area contributed by atoms with Gasteiger partial charge in [0.1, 0.15) is 0 Å². The molecule has 0 heterocycles. The van der Waals surface area contributed by atoms with Crippen LogP contribution in [0.15, 0.2) is 0 Å². The largest absolute Gasteiger partial charge is 3.00 e. The molecule has 10 heavy (non-hydrogen) atoms. The van der Waals surface area contributed by atoms with Crippen LogP contribution >= 0.6 is 0 Å². The Balaban J connectivity index is 0. The Morgan fingerprint density at radius 2 is 0.300 bits per heavy atom. The van der Waals surface area contributed by atoms with Gasteiger partial charge in [0.2, 0.25) is 0 Å². The molecule has 0 aromatic carbocycles. The van der Waals surface area contributed by atoms with Crippen LogP contribution in [0.1, 0.15) is 0 Å². The molecule has 0 rings (SSSR count). The molecule has 18 N–H and O–H groups in total. The molecule has 0 spiro atoms. The van der Waals surface area contributed by atoms with Crippen LogP contribution in [0, 0.1) is 0 Å². The van der Waals surface area contributed by atoms with Crippen molar-refractivity contribution in [2.24, 2.45) is 0 Å². The van der Waals surface area contributed by atoms with Gasteiger partial charge in [-0.3, -0.25) is 0 Å². The molecule has 0 saturated heterocycles. The zero-order chi connectivity index (χ0) is 0. The standard InChI is InChI=1S/3ClH.6H3N.Os/h3*1H;6*1H3;/q;;;;;;;;;+3/p-3. The third-order valence-corrected chi connectivity index (χ3v) is 0. The third kappa shape index (κ3) is 395. The molecule has 0 aliphatic carbocycles. The van der Waals surface area contributed by atoms with Crippen molar-refractivity contribution in [2.45, 2.75) is 0 Å². The molecule has 1 radical (unpaired) electrons. The summed E-state index contributed by atoms with van der Waals surface area (Å²) in [6, 6.07) is 0. The predicted octanol–water partition coefficient (Wildman–Crippen LogP) is -8.02. The van der Waals surface area contributed by atoms with Crippen LogP contribution in [0.5, 0.6) is 0 Å². The molecule has 0 amide bonds. The van der Waals surface area contributed by atoms with Crippen LogP contribution < -0.4 is 74.1 Å². The molecule has 10 heteroatoms. The van der Waals surface area contributed by atoms with E-state index in [2.05, 4.69) is 0 Å². The van der Waals surface area contributed by atoms with Crippen molar-refractivity contribution >= 4 is 0 Å². The summed E-state index contributed by atoms with van der Waals surface area (Å²) >= 11 is 0. The van der Waals surface area contributed by atoms with Crippen molar-refractivity contribution in [3.63, 3.8) is 0 Å². The summed E-state index contributed by atoms with van der Waals surface area (Å²) in [7, 11) is 0. The second-order valence-electron chi connectivity index (χ2n) is 0. The van der Waals surface area contributed by atoms with Gasteiger partial charge in [0.15, 0.2) is 0 Å². The SMILES string of the molecule is N.N.N.N.N.N.[Cl-].[Cl-].[Cl-].[Os+3]. The molecule has 0 bridgehead atoms. The first kappa shape index (κ1) is 740. The summed E-state index contributed by atoms with van der Waals surface area (Å²) < 4.78 is 0. The molecule has 6 nitrogen and oxygen atoms in total. The molecule has 0 aromatic heterocycles. The van der Waals surface area contributed by atoms with Gasteiger partial charge in [-0.25, -0.2) is 0 Å². The van der Waals surface area contributed by atoms with Crippen LogP contribution in [0.2, 0.25) is 0 Å². The molecule has 0 fully saturated rings. The van der Waals surface area contributed by atoms with E-state index in [1.165, 1.54) is 0 Å². The van der Waals surface area contributed by atoms with E-state index >= 15 is 0 Å². The first-order chi connectivity index (χ1) is 0. The molecule has 0 aliphatic heterocycles. The van der Waals surface area contributed by atoms with Crippen LogP contribution in [-0.2, 0) is 19.8 Å². The van der Waals surface area contributed by atoms with Gasteiger partial charge in [0, 0.05) is 0 Å². The predicted molar refractivity (Wildman–Crippen MR) is 30.1 cm³/mol. The molecular formula is H18Cl3N6Os. The van der Waals surface area contributed by atoms with Crippen molar-refractivity contribution < 1.29 is 57.0 Å². The van der Waals surface area contributed by atoms with Gasteiger partial charge >= 0.3 is 19.8 Å². The maximum absolute atomic E-state index is 0. The first-order valence-electron chi connectivity index (χ1n) is 0. The second kappa shape index (κ2) is 550. The summed E-state index contributed by atoms with van der Waals surface area (Å²) in [5.41, 5.74) is 0. The van der Waals surface area contributed by atoms with Gasteiger partial charge in [0.05, 0.1) is 0 Å². The Morgan fingerprint density at radius 3 is 0.300 bits per heavy atom. The Bertz CT molecular complexity index is 13.0. The average Bonchev–Trinajstić information content (AvgIpc) is 0. The Hall–Kier alpha value is 1.27. The van der Waals surface area contributed by atoms with Gasteiger partial charge in [-0.1, -0.05) is 0 Å². The van der Waals surface area contributed by atoms with E-state index in [0.29, 0.717) is 0 Å². The van der Waals surface area contributed by atoms with Crippen LogP contribution in [0.25, 0.3) is 0 Å². The summed E-state index contributed by atoms with van der Waals surface area (Å²) in [6.45, 7) is 0. The van der Waals surface area contributed by atoms with E-state index in [1.807, 2.05) is 0 Å². The van der Waals surface area contributed by atoms with Crippen molar-refractivity contribution in [1.82, 2.24) is 36.9 Å². The molecular weight excluding hydrogens is 381 g/mol. The fourth-order valence-corrected chi connectivity index (χ4v) is 0. The Morgan fingerprint density at radius 1 is 0.300 bits per heavy atom. The fourth-order valence-electron chi connectivity index (χ4n) is 0. The molecule has 0 aliphatic rings. The minimum absolute atomic E-state index is 0. The summed E-state index contributed by atoms with van der Waals surface area (Å²) in [5, 5.41) is 0. The zero-order valence-electron chi connectivity index (χ0n) is 5.73. The Kier molecular flexibility index (Phi) is 40700. The third-order valence-electron chi connectivity index (χ3n) is 0. The first-order valence-corrected chi connectivity index (χ1v) is 0. The van der Waals surface area contributed by atoms with Crippen LogP contribution in [-0.4, -0.2) is 0 Å². The van der Waals surface area contributed by atoms with E-state index in [1.54, 1.807) is 0 Å². The maximum Gasteiger partial charge on any atom is 3.00 e. The van der Waals surface area contributed by atoms with E-state index in [0.717, 1.165) is 0 Å². The number of halogens is 3. The van der Waals surface area contributed by atoms with Crippen molar-refractivity contribution in [2.75, 3.05) is 0 Å². The maximum atomic E-state index is 0. The molecule has 0 atom stereocenters. The quantitative estimate of drug-likeness (QED) is 0.233. The zero-order valence-corrected chi connectivity index (χ0v) is 10.5. The number of hydrogen-bond donors (Lipinski definition) is 6. The molecule has 77 valence electrons. The van der Waals surface area contributed by atoms with Gasteiger partial charge in [-0.15, -0.1) is 0 Å². The van der Waals surface area contributed by atoms with Gasteiger partial charge < -0.3 is 74.1 Å². The van der Waals surface area contributed by atoms with Crippen molar-refractivity contribution in [1.29, 1.82) is 0 Å².